The van der Waals surface area contributed by atoms with E-state index in [-0.39, 0.29) is 0 Å². The Bertz CT molecular complexity index is 409. The molecule has 0 aliphatic heterocycles. The first kappa shape index (κ1) is 11.2. The minimum atomic E-state index is -0.406. The smallest absolute Gasteiger partial charge is 0.0771 e. The molecule has 2 nitrogen and oxygen atoms in total. The van der Waals surface area contributed by atoms with Crippen LogP contribution in [0.4, 0.5) is 0 Å². The summed E-state index contributed by atoms with van der Waals surface area (Å²) in [7, 11) is 0. The van der Waals surface area contributed by atoms with Gasteiger partial charge < -0.3 is 10.4 Å². The van der Waals surface area contributed by atoms with Crippen LogP contribution < -0.4 is 5.32 Å². The standard InChI is InChI=1S/C15H21NO/c17-15(7-2-8-15)11-16-10-12-5-6-13-3-1-4-14(13)9-12/h5-6,9,16-17H,1-4,7-8,10-11H2. The Hall–Kier alpha value is -0.860. The summed E-state index contributed by atoms with van der Waals surface area (Å²) in [6, 6.07) is 6.83. The molecule has 0 aromatic heterocycles. The van der Waals surface area contributed by atoms with Gasteiger partial charge in [0.05, 0.1) is 5.60 Å². The molecule has 0 heterocycles. The molecule has 1 aromatic carbocycles. The molecule has 0 unspecified atom stereocenters. The van der Waals surface area contributed by atoms with Crippen LogP contribution >= 0.6 is 0 Å². The van der Waals surface area contributed by atoms with Crippen LogP contribution in [0.25, 0.3) is 0 Å². The Labute approximate surface area is 103 Å². The molecule has 1 aromatic rings. The zero-order chi connectivity index (χ0) is 11.7. The maximum absolute atomic E-state index is 9.98. The Balaban J connectivity index is 1.54. The van der Waals surface area contributed by atoms with E-state index >= 15 is 0 Å². The molecule has 0 atom stereocenters. The molecule has 0 saturated heterocycles. The van der Waals surface area contributed by atoms with Gasteiger partial charge in [0, 0.05) is 13.1 Å². The Morgan fingerprint density at radius 1 is 1.12 bits per heavy atom. The second-order valence-corrected chi connectivity index (χ2v) is 5.64. The van der Waals surface area contributed by atoms with Crippen LogP contribution in [-0.2, 0) is 19.4 Å². The molecule has 0 radical (unpaired) electrons. The van der Waals surface area contributed by atoms with Crippen LogP contribution in [0.15, 0.2) is 18.2 Å². The normalized spacial score (nSPS) is 21.0. The van der Waals surface area contributed by atoms with E-state index in [4.69, 9.17) is 0 Å². The average molecular weight is 231 g/mol. The Kier molecular flexibility index (Phi) is 2.93. The molecule has 0 bridgehead atoms. The van der Waals surface area contributed by atoms with Crippen molar-refractivity contribution in [2.75, 3.05) is 6.54 Å². The molecule has 0 amide bonds. The van der Waals surface area contributed by atoms with Gasteiger partial charge in [0.2, 0.25) is 0 Å². The van der Waals surface area contributed by atoms with Crippen molar-refractivity contribution in [1.29, 1.82) is 0 Å². The summed E-state index contributed by atoms with van der Waals surface area (Å²) in [5, 5.41) is 13.4. The Morgan fingerprint density at radius 3 is 2.71 bits per heavy atom. The summed E-state index contributed by atoms with van der Waals surface area (Å²) in [5.41, 5.74) is 4.02. The van der Waals surface area contributed by atoms with E-state index in [1.54, 1.807) is 0 Å². The SMILES string of the molecule is OC1(CNCc2ccc3c(c2)CCC3)CCC1. The van der Waals surface area contributed by atoms with Gasteiger partial charge in [-0.1, -0.05) is 18.2 Å². The zero-order valence-electron chi connectivity index (χ0n) is 10.3. The first-order valence-electron chi connectivity index (χ1n) is 6.79. The number of rotatable bonds is 4. The summed E-state index contributed by atoms with van der Waals surface area (Å²) >= 11 is 0. The molecule has 2 aliphatic carbocycles. The van der Waals surface area contributed by atoms with Crippen molar-refractivity contribution in [3.8, 4) is 0 Å². The van der Waals surface area contributed by atoms with Crippen LogP contribution in [0.5, 0.6) is 0 Å². The molecule has 2 aliphatic rings. The number of hydrogen-bond acceptors (Lipinski definition) is 2. The highest BCUT2D eigenvalue weighted by Gasteiger charge is 2.33. The highest BCUT2D eigenvalue weighted by molar-refractivity contribution is 5.35. The van der Waals surface area contributed by atoms with Crippen LogP contribution in [0, 0.1) is 0 Å². The third-order valence-corrected chi connectivity index (χ3v) is 4.23. The highest BCUT2D eigenvalue weighted by Crippen LogP contribution is 2.30. The van der Waals surface area contributed by atoms with E-state index in [0.717, 1.165) is 25.9 Å². The largest absolute Gasteiger partial charge is 0.389 e. The van der Waals surface area contributed by atoms with Crippen LogP contribution in [0.2, 0.25) is 0 Å². The van der Waals surface area contributed by atoms with Gasteiger partial charge in [-0.25, -0.2) is 0 Å². The van der Waals surface area contributed by atoms with Crippen LogP contribution in [0.1, 0.15) is 42.4 Å². The summed E-state index contributed by atoms with van der Waals surface area (Å²) in [6.07, 6.45) is 6.91. The molecule has 1 saturated carbocycles. The second kappa shape index (κ2) is 4.43. The number of aliphatic hydroxyl groups is 1. The molecule has 1 fully saturated rings. The van der Waals surface area contributed by atoms with Gasteiger partial charge in [-0.3, -0.25) is 0 Å². The fourth-order valence-corrected chi connectivity index (χ4v) is 2.94. The lowest BCUT2D eigenvalue weighted by Gasteiger charge is -2.36. The molecule has 2 heteroatoms. The first-order valence-corrected chi connectivity index (χ1v) is 6.79. The minimum absolute atomic E-state index is 0.406. The summed E-state index contributed by atoms with van der Waals surface area (Å²) in [4.78, 5) is 0. The molecular weight excluding hydrogens is 210 g/mol. The monoisotopic (exact) mass is 231 g/mol. The van der Waals surface area contributed by atoms with Gasteiger partial charge in [-0.15, -0.1) is 0 Å². The second-order valence-electron chi connectivity index (χ2n) is 5.64. The van der Waals surface area contributed by atoms with Crippen molar-refractivity contribution >= 4 is 0 Å². The molecule has 17 heavy (non-hydrogen) atoms. The third-order valence-electron chi connectivity index (χ3n) is 4.23. The number of aryl methyl sites for hydroxylation is 2. The summed E-state index contributed by atoms with van der Waals surface area (Å²) in [6.45, 7) is 1.62. The van der Waals surface area contributed by atoms with Crippen LogP contribution in [-0.4, -0.2) is 17.3 Å². The predicted molar refractivity (Wildman–Crippen MR) is 69.0 cm³/mol. The van der Waals surface area contributed by atoms with Crippen molar-refractivity contribution < 1.29 is 5.11 Å². The highest BCUT2D eigenvalue weighted by atomic mass is 16.3. The fraction of sp³-hybridized carbons (Fsp3) is 0.600. The van der Waals surface area contributed by atoms with Crippen molar-refractivity contribution in [1.82, 2.24) is 5.32 Å². The maximum atomic E-state index is 9.98. The molecule has 3 rings (SSSR count). The lowest BCUT2D eigenvalue weighted by Crippen LogP contribution is -2.45. The third kappa shape index (κ3) is 2.38. The van der Waals surface area contributed by atoms with E-state index in [9.17, 15) is 5.11 Å². The lowest BCUT2D eigenvalue weighted by atomic mass is 9.80. The number of benzene rings is 1. The lowest BCUT2D eigenvalue weighted by molar-refractivity contribution is -0.0314. The quantitative estimate of drug-likeness (QED) is 0.832. The predicted octanol–water partition coefficient (Wildman–Crippen LogP) is 2.18. The maximum Gasteiger partial charge on any atom is 0.0771 e. The number of fused-ring (bicyclic) bond motifs is 1. The van der Waals surface area contributed by atoms with Gasteiger partial charge in [0.25, 0.3) is 0 Å². The molecule has 0 spiro atoms. The summed E-state index contributed by atoms with van der Waals surface area (Å²) < 4.78 is 0. The molecular formula is C15H21NO. The minimum Gasteiger partial charge on any atom is -0.389 e. The van der Waals surface area contributed by atoms with Crippen molar-refractivity contribution in [2.24, 2.45) is 0 Å². The van der Waals surface area contributed by atoms with Crippen LogP contribution in [0.3, 0.4) is 0 Å². The van der Waals surface area contributed by atoms with Gasteiger partial charge >= 0.3 is 0 Å². The number of hydrogen-bond donors (Lipinski definition) is 2. The van der Waals surface area contributed by atoms with E-state index in [0.29, 0.717) is 0 Å². The summed E-state index contributed by atoms with van der Waals surface area (Å²) in [5.74, 6) is 0. The topological polar surface area (TPSA) is 32.3 Å². The first-order chi connectivity index (χ1) is 8.25. The van der Waals surface area contributed by atoms with Crippen molar-refractivity contribution in [3.05, 3.63) is 34.9 Å². The Morgan fingerprint density at radius 2 is 1.94 bits per heavy atom. The van der Waals surface area contributed by atoms with E-state index in [1.807, 2.05) is 0 Å². The zero-order valence-corrected chi connectivity index (χ0v) is 10.3. The van der Waals surface area contributed by atoms with Gasteiger partial charge in [0.1, 0.15) is 0 Å². The fourth-order valence-electron chi connectivity index (χ4n) is 2.94. The average Bonchev–Trinajstić information content (AvgIpc) is 2.74. The van der Waals surface area contributed by atoms with E-state index < -0.39 is 5.60 Å². The molecule has 92 valence electrons. The van der Waals surface area contributed by atoms with Gasteiger partial charge in [0.15, 0.2) is 0 Å². The van der Waals surface area contributed by atoms with E-state index in [2.05, 4.69) is 23.5 Å². The van der Waals surface area contributed by atoms with Crippen molar-refractivity contribution in [2.45, 2.75) is 50.7 Å². The van der Waals surface area contributed by atoms with Gasteiger partial charge in [-0.05, 0) is 55.2 Å². The molecule has 2 N–H and O–H groups in total. The van der Waals surface area contributed by atoms with Crippen molar-refractivity contribution in [3.63, 3.8) is 0 Å². The van der Waals surface area contributed by atoms with E-state index in [1.165, 1.54) is 42.4 Å². The van der Waals surface area contributed by atoms with Gasteiger partial charge in [-0.2, -0.15) is 0 Å². The number of nitrogens with one attached hydrogen (secondary N) is 1.